The number of carbonyl (C=O) groups is 1. The highest BCUT2D eigenvalue weighted by Gasteiger charge is 2.12. The molecule has 0 aliphatic carbocycles. The van der Waals surface area contributed by atoms with Gasteiger partial charge < -0.3 is 9.47 Å². The SMILES string of the molecule is CCCCCCCOc1ccc(-c2nnc(NC(=O)c3ccc(O[C@@H](C)CCCCCC)cc3)s2)cc1. The lowest BCUT2D eigenvalue weighted by atomic mass is 10.1. The molecular formula is C30H41N3O3S. The van der Waals surface area contributed by atoms with Crippen LogP contribution in [-0.4, -0.2) is 28.8 Å². The molecule has 1 aromatic heterocycles. The average Bonchev–Trinajstić information content (AvgIpc) is 3.38. The number of amides is 1. The summed E-state index contributed by atoms with van der Waals surface area (Å²) in [5.41, 5.74) is 1.49. The average molecular weight is 524 g/mol. The Bertz CT molecular complexity index is 1050. The van der Waals surface area contributed by atoms with Crippen LogP contribution >= 0.6 is 11.3 Å². The predicted molar refractivity (Wildman–Crippen MR) is 153 cm³/mol. The topological polar surface area (TPSA) is 73.3 Å². The summed E-state index contributed by atoms with van der Waals surface area (Å²) in [5.74, 6) is 1.42. The van der Waals surface area contributed by atoms with E-state index in [4.69, 9.17) is 9.47 Å². The van der Waals surface area contributed by atoms with Gasteiger partial charge in [-0.3, -0.25) is 10.1 Å². The van der Waals surface area contributed by atoms with Crippen molar-refractivity contribution in [1.29, 1.82) is 0 Å². The van der Waals surface area contributed by atoms with Gasteiger partial charge in [-0.15, -0.1) is 10.2 Å². The molecule has 1 atom stereocenters. The number of hydrogen-bond donors (Lipinski definition) is 1. The van der Waals surface area contributed by atoms with Crippen molar-refractivity contribution in [3.8, 4) is 22.1 Å². The number of carbonyl (C=O) groups excluding carboxylic acids is 1. The van der Waals surface area contributed by atoms with Crippen molar-refractivity contribution in [2.45, 2.75) is 91.1 Å². The van der Waals surface area contributed by atoms with Gasteiger partial charge in [-0.25, -0.2) is 0 Å². The molecule has 0 saturated carbocycles. The van der Waals surface area contributed by atoms with E-state index in [0.29, 0.717) is 10.7 Å². The maximum Gasteiger partial charge on any atom is 0.257 e. The lowest BCUT2D eigenvalue weighted by Gasteiger charge is -2.14. The molecule has 7 heteroatoms. The molecule has 0 fully saturated rings. The van der Waals surface area contributed by atoms with Gasteiger partial charge in [-0.2, -0.15) is 0 Å². The number of hydrogen-bond acceptors (Lipinski definition) is 6. The summed E-state index contributed by atoms with van der Waals surface area (Å²) in [5, 5.41) is 12.5. The van der Waals surface area contributed by atoms with Gasteiger partial charge >= 0.3 is 0 Å². The normalized spacial score (nSPS) is 11.8. The molecule has 0 unspecified atom stereocenters. The minimum Gasteiger partial charge on any atom is -0.494 e. The van der Waals surface area contributed by atoms with Crippen molar-refractivity contribution < 1.29 is 14.3 Å². The zero-order valence-electron chi connectivity index (χ0n) is 22.5. The third kappa shape index (κ3) is 10.2. The van der Waals surface area contributed by atoms with E-state index in [-0.39, 0.29) is 12.0 Å². The molecule has 3 rings (SSSR count). The Hall–Kier alpha value is -2.93. The van der Waals surface area contributed by atoms with E-state index in [1.54, 1.807) is 12.1 Å². The van der Waals surface area contributed by atoms with Crippen LogP contribution in [0.15, 0.2) is 48.5 Å². The highest BCUT2D eigenvalue weighted by molar-refractivity contribution is 7.18. The van der Waals surface area contributed by atoms with E-state index in [2.05, 4.69) is 36.3 Å². The van der Waals surface area contributed by atoms with E-state index in [0.717, 1.165) is 41.5 Å². The van der Waals surface area contributed by atoms with Gasteiger partial charge in [0.15, 0.2) is 0 Å². The molecule has 0 aliphatic rings. The van der Waals surface area contributed by atoms with Gasteiger partial charge in [-0.05, 0) is 74.7 Å². The second kappa shape index (κ2) is 16.0. The van der Waals surface area contributed by atoms with Crippen LogP contribution in [0.3, 0.4) is 0 Å². The Morgan fingerprint density at radius 1 is 0.838 bits per heavy atom. The number of anilines is 1. The molecule has 3 aromatic rings. The van der Waals surface area contributed by atoms with Crippen LogP contribution in [0.25, 0.3) is 10.6 Å². The minimum absolute atomic E-state index is 0.160. The Morgan fingerprint density at radius 2 is 1.49 bits per heavy atom. The Morgan fingerprint density at radius 3 is 2.19 bits per heavy atom. The van der Waals surface area contributed by atoms with Gasteiger partial charge in [0.1, 0.15) is 16.5 Å². The zero-order valence-corrected chi connectivity index (χ0v) is 23.3. The lowest BCUT2D eigenvalue weighted by Crippen LogP contribution is -2.13. The Kier molecular flexibility index (Phi) is 12.4. The lowest BCUT2D eigenvalue weighted by molar-refractivity contribution is 0.102. The number of ether oxygens (including phenoxy) is 2. The number of nitrogens with zero attached hydrogens (tertiary/aromatic N) is 2. The van der Waals surface area contributed by atoms with Gasteiger partial charge in [-0.1, -0.05) is 70.1 Å². The number of nitrogens with one attached hydrogen (secondary N) is 1. The fourth-order valence-corrected chi connectivity index (χ4v) is 4.73. The van der Waals surface area contributed by atoms with E-state index in [1.807, 2.05) is 36.4 Å². The Balaban J connectivity index is 1.45. The molecule has 0 bridgehead atoms. The molecule has 37 heavy (non-hydrogen) atoms. The summed E-state index contributed by atoms with van der Waals surface area (Å²) >= 11 is 1.35. The smallest absolute Gasteiger partial charge is 0.257 e. The van der Waals surface area contributed by atoms with Crippen LogP contribution in [0.5, 0.6) is 11.5 Å². The molecule has 2 aromatic carbocycles. The number of aromatic nitrogens is 2. The molecule has 200 valence electrons. The van der Waals surface area contributed by atoms with E-state index in [9.17, 15) is 4.79 Å². The summed E-state index contributed by atoms with van der Waals surface area (Å²) in [6.45, 7) is 7.27. The molecule has 1 heterocycles. The molecule has 0 spiro atoms. The maximum absolute atomic E-state index is 12.7. The third-order valence-electron chi connectivity index (χ3n) is 6.18. The number of benzene rings is 2. The van der Waals surface area contributed by atoms with Gasteiger partial charge in [0, 0.05) is 11.1 Å². The largest absolute Gasteiger partial charge is 0.494 e. The Labute approximate surface area is 225 Å². The maximum atomic E-state index is 12.7. The minimum atomic E-state index is -0.218. The first-order chi connectivity index (χ1) is 18.1. The van der Waals surface area contributed by atoms with Crippen molar-refractivity contribution in [3.63, 3.8) is 0 Å². The first-order valence-corrected chi connectivity index (χ1v) is 14.6. The van der Waals surface area contributed by atoms with Crippen LogP contribution in [-0.2, 0) is 0 Å². The summed E-state index contributed by atoms with van der Waals surface area (Å²) < 4.78 is 11.8. The van der Waals surface area contributed by atoms with Crippen molar-refractivity contribution in [2.24, 2.45) is 0 Å². The molecule has 1 amide bonds. The molecule has 0 saturated heterocycles. The third-order valence-corrected chi connectivity index (χ3v) is 7.07. The summed E-state index contributed by atoms with van der Waals surface area (Å²) in [6.07, 6.45) is 12.2. The molecule has 0 radical (unpaired) electrons. The van der Waals surface area contributed by atoms with Gasteiger partial charge in [0.2, 0.25) is 5.13 Å². The second-order valence-electron chi connectivity index (χ2n) is 9.46. The van der Waals surface area contributed by atoms with Crippen molar-refractivity contribution in [1.82, 2.24) is 10.2 Å². The standard InChI is InChI=1S/C30H41N3O3S/c1-4-6-8-10-12-22-35-26-18-16-25(17-19-26)29-32-33-30(37-29)31-28(34)24-14-20-27(21-15-24)36-23(3)13-11-9-7-5-2/h14-21,23H,4-13,22H2,1-3H3,(H,31,33,34)/t23-/m0/s1. The molecule has 6 nitrogen and oxygen atoms in total. The summed E-state index contributed by atoms with van der Waals surface area (Å²) in [4.78, 5) is 12.7. The molecule has 1 N–H and O–H groups in total. The van der Waals surface area contributed by atoms with Gasteiger partial charge in [0.25, 0.3) is 5.91 Å². The van der Waals surface area contributed by atoms with Crippen LogP contribution < -0.4 is 14.8 Å². The molecule has 0 aliphatic heterocycles. The van der Waals surface area contributed by atoms with Crippen LogP contribution in [0, 0.1) is 0 Å². The monoisotopic (exact) mass is 523 g/mol. The fraction of sp³-hybridized carbons (Fsp3) is 0.500. The molecular weight excluding hydrogens is 482 g/mol. The van der Waals surface area contributed by atoms with Crippen LogP contribution in [0.4, 0.5) is 5.13 Å². The van der Waals surface area contributed by atoms with E-state index < -0.39 is 0 Å². The van der Waals surface area contributed by atoms with E-state index in [1.165, 1.54) is 62.7 Å². The van der Waals surface area contributed by atoms with Gasteiger partial charge in [0.05, 0.1) is 12.7 Å². The quantitative estimate of drug-likeness (QED) is 0.179. The highest BCUT2D eigenvalue weighted by atomic mass is 32.1. The second-order valence-corrected chi connectivity index (χ2v) is 10.4. The van der Waals surface area contributed by atoms with E-state index >= 15 is 0 Å². The first-order valence-electron chi connectivity index (χ1n) is 13.7. The fourth-order valence-electron chi connectivity index (χ4n) is 3.98. The predicted octanol–water partition coefficient (Wildman–Crippen LogP) is 8.54. The summed E-state index contributed by atoms with van der Waals surface area (Å²) in [7, 11) is 0. The van der Waals surface area contributed by atoms with Crippen LogP contribution in [0.1, 0.15) is 95.3 Å². The highest BCUT2D eigenvalue weighted by Crippen LogP contribution is 2.28. The first kappa shape index (κ1) is 28.6. The van der Waals surface area contributed by atoms with Crippen molar-refractivity contribution in [2.75, 3.05) is 11.9 Å². The van der Waals surface area contributed by atoms with Crippen LogP contribution in [0.2, 0.25) is 0 Å². The van der Waals surface area contributed by atoms with Crippen molar-refractivity contribution in [3.05, 3.63) is 54.1 Å². The number of rotatable bonds is 17. The zero-order chi connectivity index (χ0) is 26.3. The van der Waals surface area contributed by atoms with Crippen molar-refractivity contribution >= 4 is 22.4 Å². The summed E-state index contributed by atoms with van der Waals surface area (Å²) in [6, 6.07) is 15.1. The number of unbranched alkanes of at least 4 members (excludes halogenated alkanes) is 7.